The topological polar surface area (TPSA) is 140 Å². The van der Waals surface area contributed by atoms with Crippen molar-refractivity contribution in [3.63, 3.8) is 0 Å². The summed E-state index contributed by atoms with van der Waals surface area (Å²) >= 11 is 0. The van der Waals surface area contributed by atoms with Crippen LogP contribution in [-0.2, 0) is 4.74 Å². The predicted molar refractivity (Wildman–Crippen MR) is 81.4 cm³/mol. The molecule has 1 saturated heterocycles. The molecule has 3 rings (SSSR count). The Morgan fingerprint density at radius 1 is 1.26 bits per heavy atom. The van der Waals surface area contributed by atoms with Gasteiger partial charge in [0.1, 0.15) is 36.3 Å². The lowest BCUT2D eigenvalue weighted by Gasteiger charge is -2.30. The summed E-state index contributed by atoms with van der Waals surface area (Å²) < 4.78 is 7.46. The molecule has 1 aliphatic rings. The summed E-state index contributed by atoms with van der Waals surface area (Å²) in [5.74, 6) is 0.324. The third-order valence-corrected chi connectivity index (χ3v) is 4.31. The number of fused-ring (bicyclic) bond motifs is 1. The molecule has 5 N–H and O–H groups in total. The number of aliphatic hydroxyl groups excluding tert-OH is 3. The molecule has 3 heterocycles. The quantitative estimate of drug-likeness (QED) is 0.567. The molecule has 0 aromatic carbocycles. The SMILES string of the molecule is CC(C)C(C1OC(CO)C(O)C1O)n1cnc2c(N)ncnc21. The number of ether oxygens (including phenoxy) is 1. The van der Waals surface area contributed by atoms with Crippen LogP contribution in [0.1, 0.15) is 19.9 Å². The maximum absolute atomic E-state index is 10.3. The van der Waals surface area contributed by atoms with E-state index in [1.165, 1.54) is 6.33 Å². The molecule has 0 aliphatic carbocycles. The lowest BCUT2D eigenvalue weighted by Crippen LogP contribution is -2.39. The number of nitrogen functional groups attached to an aromatic ring is 1. The molecule has 5 unspecified atom stereocenters. The Bertz CT molecular complexity index is 691. The number of aliphatic hydroxyl groups is 3. The van der Waals surface area contributed by atoms with Crippen molar-refractivity contribution in [1.29, 1.82) is 0 Å². The second kappa shape index (κ2) is 6.00. The summed E-state index contributed by atoms with van der Waals surface area (Å²) in [4.78, 5) is 12.4. The fraction of sp³-hybridized carbons (Fsp3) is 0.643. The van der Waals surface area contributed by atoms with Gasteiger partial charge in [0.05, 0.1) is 19.0 Å². The summed E-state index contributed by atoms with van der Waals surface area (Å²) in [6.07, 6.45) is -0.835. The Kier molecular flexibility index (Phi) is 4.19. The molecule has 0 amide bonds. The molecule has 0 spiro atoms. The average Bonchev–Trinajstić information content (AvgIpc) is 3.05. The summed E-state index contributed by atoms with van der Waals surface area (Å²) in [5.41, 5.74) is 6.82. The largest absolute Gasteiger partial charge is 0.394 e. The zero-order valence-electron chi connectivity index (χ0n) is 12.9. The van der Waals surface area contributed by atoms with Crippen molar-refractivity contribution in [2.24, 2.45) is 5.92 Å². The number of imidazole rings is 1. The molecule has 126 valence electrons. The van der Waals surface area contributed by atoms with Crippen LogP contribution in [0.25, 0.3) is 11.2 Å². The van der Waals surface area contributed by atoms with E-state index in [0.717, 1.165) is 0 Å². The number of aromatic nitrogens is 4. The average molecular weight is 323 g/mol. The molecule has 0 saturated carbocycles. The molecule has 1 fully saturated rings. The molecule has 0 bridgehead atoms. The zero-order valence-corrected chi connectivity index (χ0v) is 12.9. The molecule has 0 radical (unpaired) electrons. The van der Waals surface area contributed by atoms with E-state index in [2.05, 4.69) is 15.0 Å². The third kappa shape index (κ3) is 2.55. The second-order valence-corrected chi connectivity index (χ2v) is 6.12. The highest BCUT2D eigenvalue weighted by Crippen LogP contribution is 2.35. The van der Waals surface area contributed by atoms with Gasteiger partial charge in [-0.3, -0.25) is 0 Å². The van der Waals surface area contributed by atoms with Crippen molar-refractivity contribution in [3.05, 3.63) is 12.7 Å². The third-order valence-electron chi connectivity index (χ3n) is 4.31. The minimum atomic E-state index is -1.14. The Balaban J connectivity index is 2.04. The maximum atomic E-state index is 10.3. The van der Waals surface area contributed by atoms with E-state index >= 15 is 0 Å². The number of hydrogen-bond acceptors (Lipinski definition) is 8. The minimum Gasteiger partial charge on any atom is -0.394 e. The highest BCUT2D eigenvalue weighted by atomic mass is 16.6. The second-order valence-electron chi connectivity index (χ2n) is 6.12. The van der Waals surface area contributed by atoms with Crippen molar-refractivity contribution in [2.75, 3.05) is 12.3 Å². The van der Waals surface area contributed by atoms with Crippen molar-refractivity contribution in [3.8, 4) is 0 Å². The highest BCUT2D eigenvalue weighted by Gasteiger charge is 2.47. The van der Waals surface area contributed by atoms with Crippen LogP contribution in [0.5, 0.6) is 0 Å². The molecular formula is C14H21N5O4. The number of anilines is 1. The van der Waals surface area contributed by atoms with Crippen LogP contribution in [-0.4, -0.2) is 65.9 Å². The number of rotatable bonds is 4. The number of nitrogens with zero attached hydrogens (tertiary/aromatic N) is 4. The first kappa shape index (κ1) is 16.1. The van der Waals surface area contributed by atoms with Crippen LogP contribution in [0.15, 0.2) is 12.7 Å². The highest BCUT2D eigenvalue weighted by molar-refractivity contribution is 5.81. The van der Waals surface area contributed by atoms with Crippen molar-refractivity contribution in [2.45, 2.75) is 44.3 Å². The van der Waals surface area contributed by atoms with Gasteiger partial charge >= 0.3 is 0 Å². The van der Waals surface area contributed by atoms with E-state index in [0.29, 0.717) is 11.2 Å². The van der Waals surface area contributed by atoms with Gasteiger partial charge < -0.3 is 30.4 Å². The van der Waals surface area contributed by atoms with Gasteiger partial charge in [-0.25, -0.2) is 15.0 Å². The van der Waals surface area contributed by atoms with Crippen LogP contribution in [0, 0.1) is 5.92 Å². The van der Waals surface area contributed by atoms with E-state index in [9.17, 15) is 15.3 Å². The first-order valence-electron chi connectivity index (χ1n) is 7.51. The summed E-state index contributed by atoms with van der Waals surface area (Å²) in [5, 5.41) is 29.6. The van der Waals surface area contributed by atoms with Gasteiger partial charge in [0.2, 0.25) is 0 Å². The first-order valence-corrected chi connectivity index (χ1v) is 7.51. The van der Waals surface area contributed by atoms with E-state index < -0.39 is 24.4 Å². The molecule has 9 heteroatoms. The Morgan fingerprint density at radius 3 is 2.61 bits per heavy atom. The minimum absolute atomic E-state index is 0.0490. The number of nitrogens with two attached hydrogens (primary N) is 1. The molecule has 1 aliphatic heterocycles. The summed E-state index contributed by atoms with van der Waals surface area (Å²) in [6.45, 7) is 3.57. The Hall–Kier alpha value is -1.81. The van der Waals surface area contributed by atoms with Gasteiger partial charge in [0.15, 0.2) is 11.5 Å². The van der Waals surface area contributed by atoms with Crippen molar-refractivity contribution in [1.82, 2.24) is 19.5 Å². The molecule has 2 aromatic rings. The zero-order chi connectivity index (χ0) is 16.7. The number of hydrogen-bond donors (Lipinski definition) is 4. The van der Waals surface area contributed by atoms with Gasteiger partial charge in [-0.15, -0.1) is 0 Å². The lowest BCUT2D eigenvalue weighted by atomic mass is 9.93. The van der Waals surface area contributed by atoms with Gasteiger partial charge in [-0.1, -0.05) is 13.8 Å². The van der Waals surface area contributed by atoms with Crippen molar-refractivity contribution < 1.29 is 20.1 Å². The van der Waals surface area contributed by atoms with Crippen LogP contribution < -0.4 is 5.73 Å². The molecule has 23 heavy (non-hydrogen) atoms. The van der Waals surface area contributed by atoms with Gasteiger partial charge in [-0.2, -0.15) is 0 Å². The van der Waals surface area contributed by atoms with Crippen LogP contribution >= 0.6 is 0 Å². The standard InChI is InChI=1S/C14H21N5O4/c1-6(2)9(12-11(22)10(21)7(3-20)23-12)19-5-18-8-13(15)16-4-17-14(8)19/h4-7,9-12,20-22H,3H2,1-2H3,(H2,15,16,17). The monoisotopic (exact) mass is 323 g/mol. The fourth-order valence-corrected chi connectivity index (χ4v) is 3.16. The normalized spacial score (nSPS) is 29.5. The Labute approximate surface area is 132 Å². The van der Waals surface area contributed by atoms with E-state index in [1.807, 2.05) is 13.8 Å². The smallest absolute Gasteiger partial charge is 0.165 e. The fourth-order valence-electron chi connectivity index (χ4n) is 3.16. The van der Waals surface area contributed by atoms with Crippen LogP contribution in [0.3, 0.4) is 0 Å². The van der Waals surface area contributed by atoms with Crippen LogP contribution in [0.4, 0.5) is 5.82 Å². The Morgan fingerprint density at radius 2 is 2.00 bits per heavy atom. The summed E-state index contributed by atoms with van der Waals surface area (Å²) in [7, 11) is 0. The summed E-state index contributed by atoms with van der Waals surface area (Å²) in [6, 6.07) is -0.338. The molecular weight excluding hydrogens is 302 g/mol. The van der Waals surface area contributed by atoms with E-state index in [-0.39, 0.29) is 24.4 Å². The van der Waals surface area contributed by atoms with Crippen molar-refractivity contribution >= 4 is 17.0 Å². The van der Waals surface area contributed by atoms with E-state index in [1.54, 1.807) is 10.9 Å². The van der Waals surface area contributed by atoms with Gasteiger partial charge in [0.25, 0.3) is 0 Å². The first-order chi connectivity index (χ1) is 11.0. The maximum Gasteiger partial charge on any atom is 0.165 e. The molecule has 2 aromatic heterocycles. The van der Waals surface area contributed by atoms with E-state index in [4.69, 9.17) is 10.5 Å². The lowest BCUT2D eigenvalue weighted by molar-refractivity contribution is -0.0477. The molecule has 5 atom stereocenters. The van der Waals surface area contributed by atoms with Gasteiger partial charge in [-0.05, 0) is 5.92 Å². The van der Waals surface area contributed by atoms with Gasteiger partial charge in [0, 0.05) is 0 Å². The predicted octanol–water partition coefficient (Wildman–Crippen LogP) is -0.913. The molecule has 9 nitrogen and oxygen atoms in total. The van der Waals surface area contributed by atoms with Crippen LogP contribution in [0.2, 0.25) is 0 Å².